The van der Waals surface area contributed by atoms with Gasteiger partial charge in [0.15, 0.2) is 5.78 Å². The van der Waals surface area contributed by atoms with Crippen LogP contribution in [-0.4, -0.2) is 23.4 Å². The van der Waals surface area contributed by atoms with E-state index in [1.165, 1.54) is 0 Å². The summed E-state index contributed by atoms with van der Waals surface area (Å²) < 4.78 is 5.85. The highest BCUT2D eigenvalue weighted by Crippen LogP contribution is 2.51. The lowest BCUT2D eigenvalue weighted by Gasteiger charge is -2.37. The van der Waals surface area contributed by atoms with Crippen LogP contribution in [0, 0.1) is 0 Å². The van der Waals surface area contributed by atoms with Gasteiger partial charge < -0.3 is 4.74 Å². The van der Waals surface area contributed by atoms with Crippen LogP contribution in [0.2, 0.25) is 0 Å². The largest absolute Gasteiger partial charge is 0.459 e. The average molecular weight is 482 g/mol. The van der Waals surface area contributed by atoms with Crippen LogP contribution in [0.4, 0.5) is 0 Å². The Bertz CT molecular complexity index is 1210. The molecule has 0 saturated heterocycles. The summed E-state index contributed by atoms with van der Waals surface area (Å²) in [6.07, 6.45) is 5.01. The number of allylic oxidation sites excluding steroid dienone is 1. The number of nitrogens with one attached hydrogen (secondary N) is 1. The standard InChI is InChI=1S/C32H35NO3/c1-5-14-24(34)17-13-22-29(30(35)36-31(2,3)4)33-32(23-15-7-6-8-16-23)27-20-11-9-18-25(27)26-19-10-12-21-28(26)32/h6-13,15-21,29,33H,5,14,22H2,1-4H3/b17-13+/t29-/m0/s1. The summed E-state index contributed by atoms with van der Waals surface area (Å²) in [5.41, 5.74) is 4.12. The summed E-state index contributed by atoms with van der Waals surface area (Å²) in [6.45, 7) is 7.59. The highest BCUT2D eigenvalue weighted by Gasteiger charge is 2.46. The van der Waals surface area contributed by atoms with Gasteiger partial charge in [0.05, 0.1) is 5.54 Å². The van der Waals surface area contributed by atoms with Gasteiger partial charge in [-0.3, -0.25) is 14.9 Å². The molecule has 0 amide bonds. The highest BCUT2D eigenvalue weighted by atomic mass is 16.6. The average Bonchev–Trinajstić information content (AvgIpc) is 3.14. The summed E-state index contributed by atoms with van der Waals surface area (Å²) >= 11 is 0. The molecule has 4 rings (SSSR count). The van der Waals surface area contributed by atoms with Crippen molar-refractivity contribution in [2.45, 2.75) is 64.1 Å². The molecule has 0 fully saturated rings. The lowest BCUT2D eigenvalue weighted by molar-refractivity contribution is -0.157. The Hall–Kier alpha value is -3.50. The summed E-state index contributed by atoms with van der Waals surface area (Å²) in [5.74, 6) is -0.276. The number of hydrogen-bond acceptors (Lipinski definition) is 4. The fourth-order valence-electron chi connectivity index (χ4n) is 4.99. The SMILES string of the molecule is CCCC(=O)/C=C/C[C@H](NC1(c2ccccc2)c2ccccc2-c2ccccc21)C(=O)OC(C)(C)C. The molecule has 36 heavy (non-hydrogen) atoms. The number of esters is 1. The van der Waals surface area contributed by atoms with Gasteiger partial charge in [0.1, 0.15) is 11.6 Å². The summed E-state index contributed by atoms with van der Waals surface area (Å²) in [6, 6.07) is 26.2. The molecule has 0 aromatic heterocycles. The molecule has 0 aliphatic heterocycles. The maximum absolute atomic E-state index is 13.5. The topological polar surface area (TPSA) is 55.4 Å². The van der Waals surface area contributed by atoms with Crippen LogP contribution < -0.4 is 5.32 Å². The molecule has 4 heteroatoms. The lowest BCUT2D eigenvalue weighted by Crippen LogP contribution is -2.52. The lowest BCUT2D eigenvalue weighted by atomic mass is 9.79. The number of ketones is 1. The van der Waals surface area contributed by atoms with Gasteiger partial charge in [0.2, 0.25) is 0 Å². The predicted molar refractivity (Wildman–Crippen MR) is 145 cm³/mol. The van der Waals surface area contributed by atoms with Crippen molar-refractivity contribution in [1.29, 1.82) is 0 Å². The Morgan fingerprint density at radius 3 is 2.00 bits per heavy atom. The molecule has 4 nitrogen and oxygen atoms in total. The Labute approximate surface area is 214 Å². The van der Waals surface area contributed by atoms with Crippen molar-refractivity contribution in [3.8, 4) is 11.1 Å². The van der Waals surface area contributed by atoms with E-state index in [1.54, 1.807) is 12.2 Å². The van der Waals surface area contributed by atoms with E-state index in [4.69, 9.17) is 4.74 Å². The molecule has 186 valence electrons. The van der Waals surface area contributed by atoms with Crippen LogP contribution >= 0.6 is 0 Å². The van der Waals surface area contributed by atoms with E-state index >= 15 is 0 Å². The quantitative estimate of drug-likeness (QED) is 0.277. The third-order valence-corrected chi connectivity index (χ3v) is 6.41. The molecule has 0 spiro atoms. The predicted octanol–water partition coefficient (Wildman–Crippen LogP) is 6.57. The number of carbonyl (C=O) groups is 2. The maximum atomic E-state index is 13.5. The second-order valence-corrected chi connectivity index (χ2v) is 10.3. The second kappa shape index (κ2) is 10.6. The molecule has 1 atom stereocenters. The van der Waals surface area contributed by atoms with Crippen LogP contribution in [0.1, 0.15) is 63.6 Å². The summed E-state index contributed by atoms with van der Waals surface area (Å²) in [7, 11) is 0. The van der Waals surface area contributed by atoms with Crippen molar-refractivity contribution in [2.75, 3.05) is 0 Å². The number of ether oxygens (including phenoxy) is 1. The molecule has 3 aromatic carbocycles. The summed E-state index contributed by atoms with van der Waals surface area (Å²) in [4.78, 5) is 25.7. The smallest absolute Gasteiger partial charge is 0.324 e. The van der Waals surface area contributed by atoms with Crippen LogP contribution in [-0.2, 0) is 19.9 Å². The van der Waals surface area contributed by atoms with Crippen molar-refractivity contribution >= 4 is 11.8 Å². The van der Waals surface area contributed by atoms with Gasteiger partial charge in [-0.15, -0.1) is 0 Å². The first kappa shape index (κ1) is 25.6. The zero-order valence-electron chi connectivity index (χ0n) is 21.6. The van der Waals surface area contributed by atoms with E-state index in [0.29, 0.717) is 12.8 Å². The van der Waals surface area contributed by atoms with Gasteiger partial charge in [-0.1, -0.05) is 91.9 Å². The zero-order valence-corrected chi connectivity index (χ0v) is 21.6. The van der Waals surface area contributed by atoms with E-state index in [9.17, 15) is 9.59 Å². The molecule has 3 aromatic rings. The van der Waals surface area contributed by atoms with Gasteiger partial charge in [-0.2, -0.15) is 0 Å². The van der Waals surface area contributed by atoms with E-state index in [2.05, 4.69) is 41.7 Å². The van der Waals surface area contributed by atoms with Crippen molar-refractivity contribution in [1.82, 2.24) is 5.32 Å². The van der Waals surface area contributed by atoms with Crippen molar-refractivity contribution in [3.05, 3.63) is 108 Å². The van der Waals surface area contributed by atoms with E-state index in [1.807, 2.05) is 70.2 Å². The van der Waals surface area contributed by atoms with Crippen LogP contribution in [0.5, 0.6) is 0 Å². The normalized spacial score (nSPS) is 14.8. The first-order valence-corrected chi connectivity index (χ1v) is 12.7. The highest BCUT2D eigenvalue weighted by molar-refractivity contribution is 5.89. The van der Waals surface area contributed by atoms with E-state index in [0.717, 1.165) is 34.2 Å². The molecule has 0 saturated carbocycles. The van der Waals surface area contributed by atoms with Gasteiger partial charge in [0, 0.05) is 6.42 Å². The minimum atomic E-state index is -0.753. The first-order valence-electron chi connectivity index (χ1n) is 12.7. The van der Waals surface area contributed by atoms with Gasteiger partial charge >= 0.3 is 5.97 Å². The Morgan fingerprint density at radius 2 is 1.44 bits per heavy atom. The Balaban J connectivity index is 1.84. The Kier molecular flexibility index (Phi) is 7.56. The molecule has 1 N–H and O–H groups in total. The zero-order chi connectivity index (χ0) is 25.8. The first-order chi connectivity index (χ1) is 17.3. The third kappa shape index (κ3) is 5.19. The molecule has 1 aliphatic carbocycles. The van der Waals surface area contributed by atoms with Gasteiger partial charge in [0.25, 0.3) is 0 Å². The fourth-order valence-corrected chi connectivity index (χ4v) is 4.99. The molecular formula is C32H35NO3. The van der Waals surface area contributed by atoms with Crippen LogP contribution in [0.3, 0.4) is 0 Å². The molecule has 0 radical (unpaired) electrons. The number of hydrogen-bond donors (Lipinski definition) is 1. The molecule has 0 unspecified atom stereocenters. The van der Waals surface area contributed by atoms with Crippen molar-refractivity contribution < 1.29 is 14.3 Å². The number of rotatable bonds is 9. The van der Waals surface area contributed by atoms with Crippen LogP contribution in [0.25, 0.3) is 11.1 Å². The van der Waals surface area contributed by atoms with E-state index in [-0.39, 0.29) is 11.8 Å². The second-order valence-electron chi connectivity index (χ2n) is 10.3. The monoisotopic (exact) mass is 481 g/mol. The molecule has 1 aliphatic rings. The fraction of sp³-hybridized carbons (Fsp3) is 0.312. The number of fused-ring (bicyclic) bond motifs is 3. The summed E-state index contributed by atoms with van der Waals surface area (Å²) in [5, 5.41) is 3.75. The van der Waals surface area contributed by atoms with Crippen LogP contribution in [0.15, 0.2) is 91.0 Å². The third-order valence-electron chi connectivity index (χ3n) is 6.41. The number of benzene rings is 3. The molecule has 0 bridgehead atoms. The molecule has 0 heterocycles. The minimum absolute atomic E-state index is 0.0646. The van der Waals surface area contributed by atoms with Crippen molar-refractivity contribution in [3.63, 3.8) is 0 Å². The van der Waals surface area contributed by atoms with Gasteiger partial charge in [-0.05, 0) is 67.5 Å². The maximum Gasteiger partial charge on any atom is 0.324 e. The number of carbonyl (C=O) groups excluding carboxylic acids is 2. The Morgan fingerprint density at radius 1 is 0.889 bits per heavy atom. The van der Waals surface area contributed by atoms with E-state index < -0.39 is 17.2 Å². The molecular weight excluding hydrogens is 446 g/mol. The van der Waals surface area contributed by atoms with Crippen molar-refractivity contribution in [2.24, 2.45) is 0 Å². The minimum Gasteiger partial charge on any atom is -0.459 e. The van der Waals surface area contributed by atoms with Gasteiger partial charge in [-0.25, -0.2) is 0 Å².